The molecular formula is C26H35ClN8O2. The van der Waals surface area contributed by atoms with Gasteiger partial charge in [0.1, 0.15) is 10.8 Å². The zero-order chi connectivity index (χ0) is 26.0. The Bertz CT molecular complexity index is 1120. The first kappa shape index (κ1) is 25.5. The van der Waals surface area contributed by atoms with E-state index in [2.05, 4.69) is 37.7 Å². The molecule has 0 radical (unpaired) electrons. The maximum Gasteiger partial charge on any atom is 0.319 e. The number of hydrazone groups is 1. The quantitative estimate of drug-likeness (QED) is 0.399. The number of pyridine rings is 1. The molecule has 3 aliphatic heterocycles. The molecule has 37 heavy (non-hydrogen) atoms. The third kappa shape index (κ3) is 5.91. The van der Waals surface area contributed by atoms with E-state index in [0.717, 1.165) is 38.0 Å². The van der Waals surface area contributed by atoms with Crippen molar-refractivity contribution in [2.24, 2.45) is 5.10 Å². The van der Waals surface area contributed by atoms with Crippen molar-refractivity contribution in [3.05, 3.63) is 47.7 Å². The number of rotatable bonds is 5. The molecule has 2 saturated heterocycles. The molecule has 0 saturated carbocycles. The summed E-state index contributed by atoms with van der Waals surface area (Å²) in [5.74, 6) is -0.0240. The summed E-state index contributed by atoms with van der Waals surface area (Å²) < 4.78 is 0. The molecule has 2 fully saturated rings. The fraction of sp³-hybridized carbons (Fsp3) is 0.538. The van der Waals surface area contributed by atoms with Gasteiger partial charge in [-0.25, -0.2) is 9.78 Å². The smallest absolute Gasteiger partial charge is 0.319 e. The Kier molecular flexibility index (Phi) is 7.39. The van der Waals surface area contributed by atoms with Gasteiger partial charge in [-0.1, -0.05) is 29.8 Å². The zero-order valence-electron chi connectivity index (χ0n) is 21.1. The second kappa shape index (κ2) is 10.7. The number of allylic oxidation sites excluding steroid dienone is 2. The van der Waals surface area contributed by atoms with Gasteiger partial charge >= 0.3 is 6.03 Å². The van der Waals surface area contributed by atoms with Gasteiger partial charge in [0.2, 0.25) is 0 Å². The van der Waals surface area contributed by atoms with Gasteiger partial charge in [-0.15, -0.1) is 0 Å². The summed E-state index contributed by atoms with van der Waals surface area (Å²) in [6.45, 7) is 3.87. The number of nitrogens with zero attached hydrogens (tertiary/aromatic N) is 5. The first-order valence-electron chi connectivity index (χ1n) is 13.0. The highest BCUT2D eigenvalue weighted by molar-refractivity contribution is 6.26. The number of carbonyl (C=O) groups excluding carboxylic acids is 2. The molecule has 5 rings (SSSR count). The number of anilines is 1. The molecule has 4 N–H and O–H groups in total. The number of likely N-dealkylation sites (tertiary alicyclic amines) is 2. The lowest BCUT2D eigenvalue weighted by Gasteiger charge is -2.34. The molecule has 198 valence electrons. The van der Waals surface area contributed by atoms with E-state index in [-0.39, 0.29) is 29.7 Å². The van der Waals surface area contributed by atoms with Crippen molar-refractivity contribution < 1.29 is 9.59 Å². The molecule has 1 aromatic rings. The standard InChI is InChI=1S/C26H35ClN8O2/c1-33-10-6-21(7-11-33)35-16-19(15-30-35)18-13-22(23(28)29-14-18)24(36)31-20-5-12-34(17-20)25(37)32-26(27)8-3-2-4-9-26/h2-4,8,13-15,19-21H,5-7,9-12,16-17H2,1H3,(H2,28,29)(H,31,36)(H,32,37)/t19?,20-,26?/m1/s1. The summed E-state index contributed by atoms with van der Waals surface area (Å²) in [6, 6.07) is 1.85. The number of piperidine rings is 1. The number of alkyl halides is 1. The number of nitrogen functional groups attached to an aromatic ring is 1. The SMILES string of the molecule is CN1CCC(N2CC(c3cnc(N)c(C(=O)N[C@@H]4CCN(C(=O)NC5(Cl)C=CC=CC5)C4)c3)C=N2)CC1. The van der Waals surface area contributed by atoms with Gasteiger partial charge in [-0.3, -0.25) is 9.80 Å². The Balaban J connectivity index is 1.16. The van der Waals surface area contributed by atoms with Crippen LogP contribution in [0.5, 0.6) is 0 Å². The van der Waals surface area contributed by atoms with Gasteiger partial charge in [-0.2, -0.15) is 5.10 Å². The van der Waals surface area contributed by atoms with Crippen molar-refractivity contribution in [3.63, 3.8) is 0 Å². The minimum absolute atomic E-state index is 0.0662. The van der Waals surface area contributed by atoms with Crippen molar-refractivity contribution in [1.29, 1.82) is 0 Å². The Hall–Kier alpha value is -3.11. The first-order chi connectivity index (χ1) is 17.8. The van der Waals surface area contributed by atoms with Crippen molar-refractivity contribution >= 4 is 35.6 Å². The summed E-state index contributed by atoms with van der Waals surface area (Å²) in [5.41, 5.74) is 7.37. The number of hydrogen-bond acceptors (Lipinski definition) is 7. The molecule has 0 aromatic carbocycles. The molecule has 3 atom stereocenters. The second-order valence-electron chi connectivity index (χ2n) is 10.4. The molecule has 1 aliphatic carbocycles. The predicted octanol–water partition coefficient (Wildman–Crippen LogP) is 2.11. The summed E-state index contributed by atoms with van der Waals surface area (Å²) in [5, 5.41) is 12.7. The van der Waals surface area contributed by atoms with E-state index in [1.54, 1.807) is 17.2 Å². The third-order valence-electron chi connectivity index (χ3n) is 7.65. The average molecular weight is 527 g/mol. The minimum Gasteiger partial charge on any atom is -0.383 e. The van der Waals surface area contributed by atoms with E-state index in [1.807, 2.05) is 30.5 Å². The summed E-state index contributed by atoms with van der Waals surface area (Å²) in [4.78, 5) is 33.3. The van der Waals surface area contributed by atoms with E-state index in [1.165, 1.54) is 0 Å². The van der Waals surface area contributed by atoms with E-state index in [0.29, 0.717) is 37.5 Å². The van der Waals surface area contributed by atoms with Gasteiger partial charge in [0, 0.05) is 56.5 Å². The number of amides is 3. The van der Waals surface area contributed by atoms with Crippen molar-refractivity contribution in [3.8, 4) is 0 Å². The van der Waals surface area contributed by atoms with E-state index < -0.39 is 5.00 Å². The van der Waals surface area contributed by atoms with Crippen LogP contribution < -0.4 is 16.4 Å². The maximum atomic E-state index is 13.1. The molecule has 11 heteroatoms. The number of halogens is 1. The van der Waals surface area contributed by atoms with E-state index >= 15 is 0 Å². The number of nitrogens with two attached hydrogens (primary N) is 1. The number of nitrogens with one attached hydrogen (secondary N) is 2. The molecule has 0 bridgehead atoms. The molecule has 4 heterocycles. The lowest BCUT2D eigenvalue weighted by molar-refractivity contribution is 0.0938. The Morgan fingerprint density at radius 2 is 1.97 bits per heavy atom. The number of urea groups is 1. The number of aromatic nitrogens is 1. The monoisotopic (exact) mass is 526 g/mol. The largest absolute Gasteiger partial charge is 0.383 e. The normalized spacial score (nSPS) is 28.2. The van der Waals surface area contributed by atoms with Crippen molar-refractivity contribution in [2.45, 2.75) is 48.7 Å². The fourth-order valence-corrected chi connectivity index (χ4v) is 5.58. The van der Waals surface area contributed by atoms with Crippen LogP contribution in [-0.4, -0.2) is 94.8 Å². The van der Waals surface area contributed by atoms with Gasteiger partial charge in [0.25, 0.3) is 5.91 Å². The summed E-state index contributed by atoms with van der Waals surface area (Å²) in [6.07, 6.45) is 14.5. The Morgan fingerprint density at radius 1 is 1.16 bits per heavy atom. The van der Waals surface area contributed by atoms with Crippen molar-refractivity contribution in [2.75, 3.05) is 45.5 Å². The topological polar surface area (TPSA) is 119 Å². The van der Waals surface area contributed by atoms with Crippen LogP contribution in [0.15, 0.2) is 41.7 Å². The lowest BCUT2D eigenvalue weighted by Crippen LogP contribution is -2.49. The van der Waals surface area contributed by atoms with Gasteiger partial charge < -0.3 is 26.2 Å². The van der Waals surface area contributed by atoms with Crippen LogP contribution in [-0.2, 0) is 0 Å². The highest BCUT2D eigenvalue weighted by Crippen LogP contribution is 2.27. The Labute approximate surface area is 222 Å². The summed E-state index contributed by atoms with van der Waals surface area (Å²) >= 11 is 6.49. The van der Waals surface area contributed by atoms with Gasteiger partial charge in [0.05, 0.1) is 5.56 Å². The molecule has 2 unspecified atom stereocenters. The fourth-order valence-electron chi connectivity index (χ4n) is 5.34. The second-order valence-corrected chi connectivity index (χ2v) is 11.1. The van der Waals surface area contributed by atoms with Crippen LogP contribution in [0.4, 0.5) is 10.6 Å². The maximum absolute atomic E-state index is 13.1. The molecule has 0 spiro atoms. The number of carbonyl (C=O) groups is 2. The van der Waals surface area contributed by atoms with Gasteiger partial charge in [-0.05, 0) is 57.1 Å². The van der Waals surface area contributed by atoms with Gasteiger partial charge in [0.15, 0.2) is 0 Å². The first-order valence-corrected chi connectivity index (χ1v) is 13.3. The molecule has 10 nitrogen and oxygen atoms in total. The molecule has 1 aromatic heterocycles. The molecule has 4 aliphatic rings. The van der Waals surface area contributed by atoms with Crippen LogP contribution in [0, 0.1) is 0 Å². The number of hydrogen-bond donors (Lipinski definition) is 3. The average Bonchev–Trinajstić information content (AvgIpc) is 3.55. The van der Waals surface area contributed by atoms with Crippen LogP contribution in [0.2, 0.25) is 0 Å². The summed E-state index contributed by atoms with van der Waals surface area (Å²) in [7, 11) is 2.15. The van der Waals surface area contributed by atoms with Crippen LogP contribution >= 0.6 is 11.6 Å². The third-order valence-corrected chi connectivity index (χ3v) is 8.02. The predicted molar refractivity (Wildman–Crippen MR) is 145 cm³/mol. The highest BCUT2D eigenvalue weighted by Gasteiger charge is 2.33. The minimum atomic E-state index is -0.916. The van der Waals surface area contributed by atoms with E-state index in [9.17, 15) is 9.59 Å². The lowest BCUT2D eigenvalue weighted by atomic mass is 9.99. The van der Waals surface area contributed by atoms with Crippen LogP contribution in [0.25, 0.3) is 0 Å². The van der Waals surface area contributed by atoms with E-state index in [4.69, 9.17) is 17.3 Å². The zero-order valence-corrected chi connectivity index (χ0v) is 21.9. The Morgan fingerprint density at radius 3 is 2.73 bits per heavy atom. The van der Waals surface area contributed by atoms with Crippen molar-refractivity contribution in [1.82, 2.24) is 30.4 Å². The molecule has 3 amide bonds. The highest BCUT2D eigenvalue weighted by atomic mass is 35.5. The van der Waals surface area contributed by atoms with Crippen LogP contribution in [0.3, 0.4) is 0 Å². The van der Waals surface area contributed by atoms with Crippen LogP contribution in [0.1, 0.15) is 47.5 Å². The molecular weight excluding hydrogens is 492 g/mol.